The van der Waals surface area contributed by atoms with Gasteiger partial charge in [0.2, 0.25) is 0 Å². The topological polar surface area (TPSA) is 126 Å². The normalized spacial score (nSPS) is 0. The van der Waals surface area contributed by atoms with E-state index in [1.54, 1.807) is 0 Å². The molecule has 6 heteroatoms. The van der Waals surface area contributed by atoms with Gasteiger partial charge in [-0.3, -0.25) is 0 Å². The van der Waals surface area contributed by atoms with Crippen LogP contribution < -0.4 is 12.4 Å². The van der Waals surface area contributed by atoms with E-state index in [0.29, 0.717) is 0 Å². The van der Waals surface area contributed by atoms with Crippen LogP contribution in [0.3, 0.4) is 0 Å². The molecule has 0 aromatic carbocycles. The van der Waals surface area contributed by atoms with E-state index in [1.807, 2.05) is 0 Å². The van der Waals surface area contributed by atoms with E-state index in [9.17, 15) is 0 Å². The van der Waals surface area contributed by atoms with Crippen molar-refractivity contribution in [2.24, 2.45) is 0 Å². The van der Waals surface area contributed by atoms with E-state index in [1.165, 1.54) is 0 Å². The molecule has 45 valence electrons. The van der Waals surface area contributed by atoms with Gasteiger partial charge in [-0.2, -0.15) is 0 Å². The van der Waals surface area contributed by atoms with Gasteiger partial charge in [0.15, 0.2) is 0 Å². The second kappa shape index (κ2) is 290. The summed E-state index contributed by atoms with van der Waals surface area (Å²) in [6.07, 6.45) is 0. The molecule has 0 spiro atoms. The monoisotopic (exact) mass is 163 g/mol. The van der Waals surface area contributed by atoms with Gasteiger partial charge < -0.3 is 34.3 Å². The Bertz CT molecular complexity index is 7.51. The fourth-order valence-electron chi connectivity index (χ4n) is 0. The van der Waals surface area contributed by atoms with Crippen LogP contribution in [0, 0.1) is 0 Å². The van der Waals surface area contributed by atoms with E-state index in [0.717, 1.165) is 0 Å². The predicted octanol–water partition coefficient (Wildman–Crippen LogP) is -6.30. The molecule has 4 nitrogen and oxygen atoms in total. The van der Waals surface area contributed by atoms with Crippen molar-refractivity contribution in [1.29, 1.82) is 0 Å². The Hall–Kier alpha value is 0.649. The molecule has 0 rings (SSSR count). The van der Waals surface area contributed by atoms with Gasteiger partial charge in [-0.25, -0.2) is 0 Å². The van der Waals surface area contributed by atoms with Gasteiger partial charge in [0.05, 0.1) is 0 Å². The molecule has 0 aliphatic heterocycles. The Morgan fingerprint density at radius 2 is 0.500 bits per heavy atom. The van der Waals surface area contributed by atoms with Gasteiger partial charge in [-0.05, 0) is 0 Å². The molecular formula is H8ClFeO4+2. The largest absolute Gasteiger partial charge is 3.00 e. The molecule has 0 aliphatic rings. The summed E-state index contributed by atoms with van der Waals surface area (Å²) in [6, 6.07) is 0. The molecule has 0 bridgehead atoms. The molecule has 0 heterocycles. The first-order chi connectivity index (χ1) is 0. The van der Waals surface area contributed by atoms with Crippen molar-refractivity contribution < 1.29 is 51.4 Å². The van der Waals surface area contributed by atoms with Crippen molar-refractivity contribution in [3.8, 4) is 0 Å². The van der Waals surface area contributed by atoms with Crippen LogP contribution >= 0.6 is 0 Å². The van der Waals surface area contributed by atoms with Crippen LogP contribution in [0.2, 0.25) is 0 Å². The van der Waals surface area contributed by atoms with Crippen molar-refractivity contribution in [2.75, 3.05) is 0 Å². The SMILES string of the molecule is O.O.O.O.[Cl-].[Fe+3]. The van der Waals surface area contributed by atoms with Crippen molar-refractivity contribution in [3.05, 3.63) is 0 Å². The van der Waals surface area contributed by atoms with E-state index < -0.39 is 0 Å². The van der Waals surface area contributed by atoms with E-state index in [-0.39, 0.29) is 51.4 Å². The molecule has 0 unspecified atom stereocenters. The summed E-state index contributed by atoms with van der Waals surface area (Å²) in [5, 5.41) is 0. The zero-order valence-corrected chi connectivity index (χ0v) is 4.59. The van der Waals surface area contributed by atoms with E-state index >= 15 is 0 Å². The maximum absolute atomic E-state index is 0. The number of halogens is 1. The second-order valence-corrected chi connectivity index (χ2v) is 0. The van der Waals surface area contributed by atoms with Gasteiger partial charge in [-0.15, -0.1) is 0 Å². The van der Waals surface area contributed by atoms with Crippen LogP contribution in [0.15, 0.2) is 0 Å². The standard InChI is InChI=1S/ClH.Fe.4H2O/h1H;;4*1H2/q;+3;;;;/p-1. The zero-order valence-electron chi connectivity index (χ0n) is 2.73. The molecule has 0 saturated heterocycles. The first-order valence-corrected chi connectivity index (χ1v) is 0. The average molecular weight is 163 g/mol. The Kier molecular flexibility index (Phi) is 24300. The average Bonchev–Trinajstić information content (AvgIpc) is 0. The number of hydrogen-bond acceptors (Lipinski definition) is 0. The molecule has 0 saturated carbocycles. The minimum atomic E-state index is 0. The molecule has 6 heavy (non-hydrogen) atoms. The first-order valence-electron chi connectivity index (χ1n) is 0. The summed E-state index contributed by atoms with van der Waals surface area (Å²) in [6.45, 7) is 0. The quantitative estimate of drug-likeness (QED) is 0.315. The maximum Gasteiger partial charge on any atom is 3.00 e. The Morgan fingerprint density at radius 3 is 0.500 bits per heavy atom. The molecule has 0 amide bonds. The summed E-state index contributed by atoms with van der Waals surface area (Å²) < 4.78 is 0. The summed E-state index contributed by atoms with van der Waals surface area (Å²) in [5.74, 6) is 0. The van der Waals surface area contributed by atoms with Gasteiger partial charge in [0, 0.05) is 0 Å². The van der Waals surface area contributed by atoms with Crippen LogP contribution in [0.1, 0.15) is 0 Å². The van der Waals surface area contributed by atoms with Crippen LogP contribution in [0.25, 0.3) is 0 Å². The van der Waals surface area contributed by atoms with Crippen molar-refractivity contribution >= 4 is 0 Å². The molecule has 0 fully saturated rings. The predicted molar refractivity (Wildman–Crippen MR) is 14.5 cm³/mol. The Balaban J connectivity index is 0. The van der Waals surface area contributed by atoms with Crippen LogP contribution in [-0.4, -0.2) is 21.9 Å². The molecule has 0 aromatic rings. The molecule has 0 aromatic heterocycles. The van der Waals surface area contributed by atoms with Gasteiger partial charge >= 0.3 is 17.1 Å². The van der Waals surface area contributed by atoms with Gasteiger partial charge in [0.25, 0.3) is 0 Å². The second-order valence-electron chi connectivity index (χ2n) is 0. The number of hydrogen-bond donors (Lipinski definition) is 0. The van der Waals surface area contributed by atoms with Crippen molar-refractivity contribution in [3.63, 3.8) is 0 Å². The molecular weight excluding hydrogens is 155 g/mol. The first kappa shape index (κ1) is 503. The Labute approximate surface area is 52.0 Å². The van der Waals surface area contributed by atoms with Gasteiger partial charge in [-0.1, -0.05) is 0 Å². The maximum atomic E-state index is 0. The zero-order chi connectivity index (χ0) is 0. The smallest absolute Gasteiger partial charge is 1.00 e. The summed E-state index contributed by atoms with van der Waals surface area (Å²) >= 11 is 0. The molecule has 0 atom stereocenters. The third kappa shape index (κ3) is 147. The third-order valence-electron chi connectivity index (χ3n) is 0. The fraction of sp³-hybridized carbons (Fsp3) is 0. The molecule has 8 N–H and O–H groups in total. The summed E-state index contributed by atoms with van der Waals surface area (Å²) in [5.41, 5.74) is 0. The van der Waals surface area contributed by atoms with Gasteiger partial charge in [0.1, 0.15) is 0 Å². The van der Waals surface area contributed by atoms with Crippen LogP contribution in [0.4, 0.5) is 0 Å². The molecule has 0 aliphatic carbocycles. The minimum absolute atomic E-state index is 0. The van der Waals surface area contributed by atoms with Crippen molar-refractivity contribution in [1.82, 2.24) is 0 Å². The summed E-state index contributed by atoms with van der Waals surface area (Å²) in [7, 11) is 0. The third-order valence-corrected chi connectivity index (χ3v) is 0. The fourth-order valence-corrected chi connectivity index (χ4v) is 0. The van der Waals surface area contributed by atoms with Crippen molar-refractivity contribution in [2.45, 2.75) is 0 Å². The minimum Gasteiger partial charge on any atom is -1.00 e. The molecule has 1 radical (unpaired) electrons. The summed E-state index contributed by atoms with van der Waals surface area (Å²) in [4.78, 5) is 0. The van der Waals surface area contributed by atoms with Crippen LogP contribution in [0.5, 0.6) is 0 Å². The van der Waals surface area contributed by atoms with E-state index in [4.69, 9.17) is 0 Å². The number of rotatable bonds is 0. The Morgan fingerprint density at radius 1 is 0.500 bits per heavy atom. The van der Waals surface area contributed by atoms with E-state index in [2.05, 4.69) is 0 Å². The van der Waals surface area contributed by atoms with Crippen LogP contribution in [-0.2, 0) is 17.1 Å².